The number of methoxy groups -OCH3 is 2. The van der Waals surface area contributed by atoms with Crippen molar-refractivity contribution >= 4 is 11.9 Å². The minimum absolute atomic E-state index is 0.0956. The van der Waals surface area contributed by atoms with Gasteiger partial charge >= 0.3 is 5.97 Å². The maximum absolute atomic E-state index is 11.9. The lowest BCUT2D eigenvalue weighted by atomic mass is 10.0. The summed E-state index contributed by atoms with van der Waals surface area (Å²) in [5.74, 6) is -1.78. The molecule has 22 heavy (non-hydrogen) atoms. The summed E-state index contributed by atoms with van der Waals surface area (Å²) in [4.78, 5) is 23.0. The second-order valence-corrected chi connectivity index (χ2v) is 4.97. The first-order valence-corrected chi connectivity index (χ1v) is 6.78. The number of aliphatic carboxylic acids is 1. The molecule has 8 nitrogen and oxygen atoms in total. The molecule has 0 bridgehead atoms. The van der Waals surface area contributed by atoms with Gasteiger partial charge in [-0.05, 0) is 12.3 Å². The second-order valence-electron chi connectivity index (χ2n) is 4.97. The number of carbonyl (C=O) groups excluding carboxylic acids is 1. The van der Waals surface area contributed by atoms with Crippen LogP contribution in [-0.2, 0) is 19.1 Å². The van der Waals surface area contributed by atoms with E-state index in [1.54, 1.807) is 6.07 Å². The van der Waals surface area contributed by atoms with E-state index in [4.69, 9.17) is 19.8 Å². The average molecular weight is 313 g/mol. The van der Waals surface area contributed by atoms with Crippen LogP contribution in [0.1, 0.15) is 20.3 Å². The van der Waals surface area contributed by atoms with Gasteiger partial charge in [0.2, 0.25) is 0 Å². The third-order valence-electron chi connectivity index (χ3n) is 2.73. The van der Waals surface area contributed by atoms with Gasteiger partial charge < -0.3 is 25.2 Å². The first-order valence-electron chi connectivity index (χ1n) is 6.78. The highest BCUT2D eigenvalue weighted by Crippen LogP contribution is 2.06. The fraction of sp³-hybridized carbons (Fsp3) is 0.643. The number of nitriles is 1. The zero-order valence-corrected chi connectivity index (χ0v) is 13.3. The van der Waals surface area contributed by atoms with Crippen molar-refractivity contribution in [2.75, 3.05) is 20.8 Å². The molecule has 1 unspecified atom stereocenters. The molecule has 8 heteroatoms. The SMILES string of the molecule is COC(CN/C=C(/C#N)C(=O)NC(CC(C)C)C(=O)O)OC. The van der Waals surface area contributed by atoms with Gasteiger partial charge in [0.15, 0.2) is 6.29 Å². The zero-order chi connectivity index (χ0) is 17.1. The summed E-state index contributed by atoms with van der Waals surface area (Å²) in [5.41, 5.74) is -0.221. The van der Waals surface area contributed by atoms with Gasteiger partial charge in [0.25, 0.3) is 5.91 Å². The highest BCUT2D eigenvalue weighted by atomic mass is 16.7. The Balaban J connectivity index is 4.69. The van der Waals surface area contributed by atoms with Crippen LogP contribution < -0.4 is 10.6 Å². The molecule has 3 N–H and O–H groups in total. The molecule has 0 saturated carbocycles. The Hall–Kier alpha value is -2.11. The molecule has 1 amide bonds. The predicted molar refractivity (Wildman–Crippen MR) is 78.5 cm³/mol. The largest absolute Gasteiger partial charge is 0.480 e. The van der Waals surface area contributed by atoms with Gasteiger partial charge in [-0.2, -0.15) is 5.26 Å². The number of rotatable bonds is 10. The van der Waals surface area contributed by atoms with Crippen LogP contribution >= 0.6 is 0 Å². The summed E-state index contributed by atoms with van der Waals surface area (Å²) >= 11 is 0. The summed E-state index contributed by atoms with van der Waals surface area (Å²) in [6.07, 6.45) is 0.962. The van der Waals surface area contributed by atoms with Gasteiger partial charge in [-0.1, -0.05) is 13.8 Å². The molecule has 0 saturated heterocycles. The van der Waals surface area contributed by atoms with Crippen LogP contribution in [0.25, 0.3) is 0 Å². The Kier molecular flexibility index (Phi) is 9.58. The van der Waals surface area contributed by atoms with Crippen LogP contribution in [0.15, 0.2) is 11.8 Å². The average Bonchev–Trinajstić information content (AvgIpc) is 2.46. The number of carboxylic acid groups (broad SMARTS) is 1. The highest BCUT2D eigenvalue weighted by Gasteiger charge is 2.22. The van der Waals surface area contributed by atoms with Crippen molar-refractivity contribution in [2.24, 2.45) is 5.92 Å². The lowest BCUT2D eigenvalue weighted by Crippen LogP contribution is -2.42. The summed E-state index contributed by atoms with van der Waals surface area (Å²) < 4.78 is 9.88. The molecule has 0 aliphatic heterocycles. The number of hydrogen-bond acceptors (Lipinski definition) is 6. The van der Waals surface area contributed by atoms with Gasteiger partial charge in [-0.15, -0.1) is 0 Å². The minimum atomic E-state index is -1.13. The number of carbonyl (C=O) groups is 2. The van der Waals surface area contributed by atoms with Crippen LogP contribution in [0.3, 0.4) is 0 Å². The quantitative estimate of drug-likeness (QED) is 0.299. The van der Waals surface area contributed by atoms with E-state index in [0.29, 0.717) is 0 Å². The lowest BCUT2D eigenvalue weighted by molar-refractivity contribution is -0.141. The molecule has 0 aliphatic rings. The third kappa shape index (κ3) is 7.61. The van der Waals surface area contributed by atoms with Crippen molar-refractivity contribution < 1.29 is 24.2 Å². The Morgan fingerprint density at radius 1 is 1.32 bits per heavy atom. The van der Waals surface area contributed by atoms with Crippen LogP contribution in [0.2, 0.25) is 0 Å². The summed E-state index contributed by atoms with van der Waals surface area (Å²) in [7, 11) is 2.92. The Labute approximate surface area is 130 Å². The second kappa shape index (κ2) is 10.6. The van der Waals surface area contributed by atoms with E-state index in [1.165, 1.54) is 20.4 Å². The van der Waals surface area contributed by atoms with E-state index in [0.717, 1.165) is 0 Å². The first-order chi connectivity index (χ1) is 10.3. The number of carboxylic acids is 1. The molecule has 1 atom stereocenters. The Morgan fingerprint density at radius 2 is 1.91 bits per heavy atom. The predicted octanol–water partition coefficient (Wildman–Crippen LogP) is 0.218. The van der Waals surface area contributed by atoms with Crippen molar-refractivity contribution in [3.05, 3.63) is 11.8 Å². The molecule has 0 aromatic heterocycles. The number of nitrogens with zero attached hydrogens (tertiary/aromatic N) is 1. The first kappa shape index (κ1) is 19.9. The fourth-order valence-electron chi connectivity index (χ4n) is 1.60. The van der Waals surface area contributed by atoms with Crippen molar-refractivity contribution in [3.63, 3.8) is 0 Å². The molecular formula is C14H23N3O5. The van der Waals surface area contributed by atoms with E-state index in [1.807, 2.05) is 13.8 Å². The van der Waals surface area contributed by atoms with Crippen LogP contribution in [0.4, 0.5) is 0 Å². The lowest BCUT2D eigenvalue weighted by Gasteiger charge is -2.16. The molecular weight excluding hydrogens is 290 g/mol. The van der Waals surface area contributed by atoms with Gasteiger partial charge in [-0.3, -0.25) is 4.79 Å². The number of hydrogen-bond donors (Lipinski definition) is 3. The van der Waals surface area contributed by atoms with Crippen molar-refractivity contribution in [1.29, 1.82) is 5.26 Å². The van der Waals surface area contributed by atoms with E-state index >= 15 is 0 Å². The number of nitrogens with one attached hydrogen (secondary N) is 2. The maximum atomic E-state index is 11.9. The molecule has 0 fully saturated rings. The molecule has 0 aromatic rings. The van der Waals surface area contributed by atoms with Gasteiger partial charge in [0.1, 0.15) is 17.7 Å². The van der Waals surface area contributed by atoms with Crippen LogP contribution in [0.5, 0.6) is 0 Å². The van der Waals surface area contributed by atoms with Gasteiger partial charge in [0.05, 0.1) is 6.54 Å². The molecule has 0 spiro atoms. The molecule has 124 valence electrons. The third-order valence-corrected chi connectivity index (χ3v) is 2.73. The van der Waals surface area contributed by atoms with Crippen molar-refractivity contribution in [3.8, 4) is 6.07 Å². The molecule has 0 aliphatic carbocycles. The number of amides is 1. The van der Waals surface area contributed by atoms with E-state index in [9.17, 15) is 9.59 Å². The maximum Gasteiger partial charge on any atom is 0.326 e. The number of ether oxygens (including phenoxy) is 2. The van der Waals surface area contributed by atoms with E-state index in [2.05, 4.69) is 10.6 Å². The summed E-state index contributed by atoms with van der Waals surface area (Å²) in [6, 6.07) is 0.689. The van der Waals surface area contributed by atoms with Crippen molar-refractivity contribution in [1.82, 2.24) is 10.6 Å². The molecule has 0 heterocycles. The smallest absolute Gasteiger partial charge is 0.326 e. The van der Waals surface area contributed by atoms with Crippen molar-refractivity contribution in [2.45, 2.75) is 32.6 Å². The molecule has 0 radical (unpaired) electrons. The fourth-order valence-corrected chi connectivity index (χ4v) is 1.60. The highest BCUT2D eigenvalue weighted by molar-refractivity contribution is 5.99. The van der Waals surface area contributed by atoms with Gasteiger partial charge in [-0.25, -0.2) is 4.79 Å². The van der Waals surface area contributed by atoms with E-state index in [-0.39, 0.29) is 24.5 Å². The molecule has 0 rings (SSSR count). The minimum Gasteiger partial charge on any atom is -0.480 e. The zero-order valence-electron chi connectivity index (χ0n) is 13.3. The van der Waals surface area contributed by atoms with Gasteiger partial charge in [0, 0.05) is 20.4 Å². The Bertz CT molecular complexity index is 438. The van der Waals surface area contributed by atoms with Crippen LogP contribution in [0, 0.1) is 17.2 Å². The van der Waals surface area contributed by atoms with E-state index < -0.39 is 24.2 Å². The van der Waals surface area contributed by atoms with Crippen LogP contribution in [-0.4, -0.2) is 50.1 Å². The summed E-state index contributed by atoms with van der Waals surface area (Å²) in [6.45, 7) is 3.93. The standard InChI is InChI=1S/C14H23N3O5/c1-9(2)5-11(14(19)20)17-13(18)10(6-15)7-16-8-12(21-3)22-4/h7,9,11-12,16H,5,8H2,1-4H3,(H,17,18)(H,19,20)/b10-7-. The topological polar surface area (TPSA) is 121 Å². The molecule has 0 aromatic carbocycles. The monoisotopic (exact) mass is 313 g/mol. The Morgan fingerprint density at radius 3 is 2.32 bits per heavy atom. The normalized spacial score (nSPS) is 12.9. The summed E-state index contributed by atoms with van der Waals surface area (Å²) in [5, 5.41) is 23.1.